The van der Waals surface area contributed by atoms with E-state index < -0.39 is 18.1 Å². The van der Waals surface area contributed by atoms with Gasteiger partial charge in [0.1, 0.15) is 18.5 Å². The number of aliphatic carboxylic acids is 1. The summed E-state index contributed by atoms with van der Waals surface area (Å²) in [5.74, 6) is -0.332. The summed E-state index contributed by atoms with van der Waals surface area (Å²) in [6, 6.07) is 19.0. The minimum absolute atomic E-state index is 0.0747. The first-order valence-corrected chi connectivity index (χ1v) is 11.3. The van der Waals surface area contributed by atoms with Crippen LogP contribution < -0.4 is 4.90 Å². The molecule has 0 fully saturated rings. The fourth-order valence-corrected chi connectivity index (χ4v) is 4.47. The molecule has 1 unspecified atom stereocenters. The van der Waals surface area contributed by atoms with Gasteiger partial charge in [0.2, 0.25) is 0 Å². The van der Waals surface area contributed by atoms with Crippen molar-refractivity contribution in [3.8, 4) is 11.1 Å². The summed E-state index contributed by atoms with van der Waals surface area (Å²) in [5, 5.41) is 9.78. The van der Waals surface area contributed by atoms with Gasteiger partial charge in [-0.3, -0.25) is 4.90 Å². The Labute approximate surface area is 199 Å². The molecule has 0 saturated carbocycles. The number of likely N-dealkylation sites (N-methyl/N-ethyl adjacent to an activating group) is 1. The Balaban J connectivity index is 1.42. The van der Waals surface area contributed by atoms with Crippen molar-refractivity contribution in [1.82, 2.24) is 9.88 Å². The first kappa shape index (κ1) is 23.3. The van der Waals surface area contributed by atoms with Gasteiger partial charge >= 0.3 is 12.1 Å². The third-order valence-corrected chi connectivity index (χ3v) is 6.35. The maximum atomic E-state index is 12.8. The van der Waals surface area contributed by atoms with Gasteiger partial charge in [-0.25, -0.2) is 14.6 Å². The van der Waals surface area contributed by atoms with Crippen molar-refractivity contribution in [3.05, 3.63) is 83.6 Å². The van der Waals surface area contributed by atoms with Crippen molar-refractivity contribution in [3.63, 3.8) is 0 Å². The van der Waals surface area contributed by atoms with Crippen LogP contribution in [0.15, 0.2) is 66.9 Å². The summed E-state index contributed by atoms with van der Waals surface area (Å²) in [6.07, 6.45) is 1.84. The van der Waals surface area contributed by atoms with E-state index >= 15 is 0 Å². The van der Waals surface area contributed by atoms with Gasteiger partial charge in [0, 0.05) is 33.3 Å². The van der Waals surface area contributed by atoms with Gasteiger partial charge in [-0.1, -0.05) is 48.5 Å². The Hall–Kier alpha value is -3.87. The van der Waals surface area contributed by atoms with E-state index in [2.05, 4.69) is 17.1 Å². The Morgan fingerprint density at radius 2 is 1.62 bits per heavy atom. The van der Waals surface area contributed by atoms with Crippen molar-refractivity contribution < 1.29 is 19.4 Å². The first-order valence-electron chi connectivity index (χ1n) is 11.3. The van der Waals surface area contributed by atoms with E-state index in [4.69, 9.17) is 4.74 Å². The molecule has 0 radical (unpaired) electrons. The Kier molecular flexibility index (Phi) is 6.82. The number of aromatic nitrogens is 1. The zero-order chi connectivity index (χ0) is 24.2. The third kappa shape index (κ3) is 4.73. The van der Waals surface area contributed by atoms with E-state index in [9.17, 15) is 14.7 Å². The lowest BCUT2D eigenvalue weighted by Crippen LogP contribution is -2.43. The van der Waals surface area contributed by atoms with E-state index in [1.54, 1.807) is 6.20 Å². The van der Waals surface area contributed by atoms with Crippen LogP contribution in [0.3, 0.4) is 0 Å². The van der Waals surface area contributed by atoms with E-state index in [1.807, 2.05) is 67.5 Å². The smallest absolute Gasteiger partial charge is 0.410 e. The third-order valence-electron chi connectivity index (χ3n) is 6.35. The standard InChI is InChI=1S/C27H29N3O4/c1-29(2)25-16-18(14-15-28-25)12-13-24(26(31)32)30(3)27(33)34-17-23-21-10-6-4-8-19(21)20-9-5-7-11-22(20)23/h4-11,14-16,23-24H,12-13,17H2,1-3H3,(H,31,32). The number of hydrogen-bond donors (Lipinski definition) is 1. The molecule has 0 spiro atoms. The van der Waals surface area contributed by atoms with Crippen molar-refractivity contribution in [2.75, 3.05) is 32.6 Å². The number of hydrogen-bond acceptors (Lipinski definition) is 5. The highest BCUT2D eigenvalue weighted by Gasteiger charge is 2.31. The number of aryl methyl sites for hydroxylation is 1. The quantitative estimate of drug-likeness (QED) is 0.537. The summed E-state index contributed by atoms with van der Waals surface area (Å²) in [6.45, 7) is 0.153. The van der Waals surface area contributed by atoms with Gasteiger partial charge in [0.15, 0.2) is 0 Å². The Morgan fingerprint density at radius 1 is 1.00 bits per heavy atom. The van der Waals surface area contributed by atoms with Gasteiger partial charge < -0.3 is 14.7 Å². The predicted molar refractivity (Wildman–Crippen MR) is 131 cm³/mol. The lowest BCUT2D eigenvalue weighted by Gasteiger charge is -2.25. The number of carboxylic acid groups (broad SMARTS) is 1. The van der Waals surface area contributed by atoms with Crippen LogP contribution in [0.1, 0.15) is 29.0 Å². The number of pyridine rings is 1. The van der Waals surface area contributed by atoms with Crippen LogP contribution in [0.25, 0.3) is 11.1 Å². The maximum absolute atomic E-state index is 12.8. The molecule has 1 amide bonds. The molecule has 4 rings (SSSR count). The van der Waals surface area contributed by atoms with Gasteiger partial charge in [-0.05, 0) is 52.8 Å². The van der Waals surface area contributed by atoms with Gasteiger partial charge in [-0.15, -0.1) is 0 Å². The maximum Gasteiger partial charge on any atom is 0.410 e. The molecule has 1 atom stereocenters. The second-order valence-electron chi connectivity index (χ2n) is 8.72. The molecule has 1 aliphatic rings. The minimum atomic E-state index is -1.06. The molecule has 34 heavy (non-hydrogen) atoms. The number of carboxylic acids is 1. The van der Waals surface area contributed by atoms with E-state index in [0.717, 1.165) is 33.6 Å². The number of nitrogens with zero attached hydrogens (tertiary/aromatic N) is 3. The molecule has 1 heterocycles. The summed E-state index contributed by atoms with van der Waals surface area (Å²) in [5.41, 5.74) is 5.48. The molecule has 0 saturated heterocycles. The van der Waals surface area contributed by atoms with Crippen molar-refractivity contribution in [1.29, 1.82) is 0 Å². The monoisotopic (exact) mass is 459 g/mol. The number of carbonyl (C=O) groups is 2. The molecule has 7 heteroatoms. The molecule has 7 nitrogen and oxygen atoms in total. The van der Waals surface area contributed by atoms with E-state index in [1.165, 1.54) is 11.9 Å². The number of benzene rings is 2. The molecule has 0 bridgehead atoms. The average molecular weight is 460 g/mol. The van der Waals surface area contributed by atoms with Gasteiger partial charge in [0.05, 0.1) is 0 Å². The summed E-state index contributed by atoms with van der Waals surface area (Å²) < 4.78 is 5.64. The Bertz CT molecular complexity index is 1150. The molecule has 1 aliphatic carbocycles. The molecule has 1 N–H and O–H groups in total. The number of amides is 1. The molecular formula is C27H29N3O4. The van der Waals surface area contributed by atoms with Gasteiger partial charge in [0.25, 0.3) is 0 Å². The van der Waals surface area contributed by atoms with Crippen LogP contribution >= 0.6 is 0 Å². The summed E-state index contributed by atoms with van der Waals surface area (Å²) in [4.78, 5) is 32.2. The largest absolute Gasteiger partial charge is 0.480 e. The first-order chi connectivity index (χ1) is 16.4. The van der Waals surface area contributed by atoms with Gasteiger partial charge in [-0.2, -0.15) is 0 Å². The average Bonchev–Trinajstić information content (AvgIpc) is 3.16. The SMILES string of the molecule is CN(C)c1cc(CCC(C(=O)O)N(C)C(=O)OCC2c3ccccc3-c3ccccc32)ccn1. The summed E-state index contributed by atoms with van der Waals surface area (Å²) >= 11 is 0. The van der Waals surface area contributed by atoms with Crippen LogP contribution in [0.2, 0.25) is 0 Å². The zero-order valence-corrected chi connectivity index (χ0v) is 19.6. The predicted octanol–water partition coefficient (Wildman–Crippen LogP) is 4.41. The lowest BCUT2D eigenvalue weighted by molar-refractivity contribution is -0.142. The number of carbonyl (C=O) groups excluding carboxylic acids is 1. The molecule has 176 valence electrons. The topological polar surface area (TPSA) is 83.0 Å². The highest BCUT2D eigenvalue weighted by atomic mass is 16.6. The summed E-state index contributed by atoms with van der Waals surface area (Å²) in [7, 11) is 5.28. The van der Waals surface area contributed by atoms with Crippen LogP contribution in [0.5, 0.6) is 0 Å². The number of anilines is 1. The highest BCUT2D eigenvalue weighted by molar-refractivity contribution is 5.81. The van der Waals surface area contributed by atoms with Crippen LogP contribution in [0.4, 0.5) is 10.6 Å². The second-order valence-corrected chi connectivity index (χ2v) is 8.72. The van der Waals surface area contributed by atoms with E-state index in [-0.39, 0.29) is 18.9 Å². The number of rotatable bonds is 8. The second kappa shape index (κ2) is 9.95. The lowest BCUT2D eigenvalue weighted by atomic mass is 9.98. The fourth-order valence-electron chi connectivity index (χ4n) is 4.47. The van der Waals surface area contributed by atoms with E-state index in [0.29, 0.717) is 6.42 Å². The fraction of sp³-hybridized carbons (Fsp3) is 0.296. The van der Waals surface area contributed by atoms with Crippen LogP contribution in [0, 0.1) is 0 Å². The number of ether oxygens (including phenoxy) is 1. The highest BCUT2D eigenvalue weighted by Crippen LogP contribution is 2.44. The Morgan fingerprint density at radius 3 is 2.21 bits per heavy atom. The zero-order valence-electron chi connectivity index (χ0n) is 19.6. The van der Waals surface area contributed by atoms with Crippen LogP contribution in [-0.2, 0) is 16.0 Å². The molecular weight excluding hydrogens is 430 g/mol. The molecule has 1 aromatic heterocycles. The van der Waals surface area contributed by atoms with Crippen molar-refractivity contribution in [2.45, 2.75) is 24.8 Å². The van der Waals surface area contributed by atoms with Crippen molar-refractivity contribution >= 4 is 17.9 Å². The normalized spacial score (nSPS) is 13.0. The van der Waals surface area contributed by atoms with Crippen molar-refractivity contribution in [2.24, 2.45) is 0 Å². The number of fused-ring (bicyclic) bond motifs is 3. The van der Waals surface area contributed by atoms with Crippen LogP contribution in [-0.4, -0.2) is 60.8 Å². The minimum Gasteiger partial charge on any atom is -0.480 e. The molecule has 3 aromatic rings. The molecule has 2 aromatic carbocycles. The molecule has 0 aliphatic heterocycles.